The number of benzene rings is 4. The summed E-state index contributed by atoms with van der Waals surface area (Å²) in [4.78, 5) is 55.4. The summed E-state index contributed by atoms with van der Waals surface area (Å²) in [5.74, 6) is -4.03. The lowest BCUT2D eigenvalue weighted by Crippen LogP contribution is -2.33. The average molecular weight is 614 g/mol. The third-order valence-corrected chi connectivity index (χ3v) is 10.3. The smallest absolute Gasteiger partial charge is 0.308 e. The first-order valence-electron chi connectivity index (χ1n) is 13.4. The zero-order chi connectivity index (χ0) is 29.8. The summed E-state index contributed by atoms with van der Waals surface area (Å²) in [6, 6.07) is 23.8. The van der Waals surface area contributed by atoms with E-state index < -0.39 is 51.3 Å². The number of hydrogen-bond donors (Lipinski definition) is 1. The maximum atomic E-state index is 13.9. The number of thiazole rings is 1. The van der Waals surface area contributed by atoms with Gasteiger partial charge in [-0.2, -0.15) is 0 Å². The van der Waals surface area contributed by atoms with Gasteiger partial charge in [0.05, 0.1) is 16.6 Å². The Balaban J connectivity index is 1.28. The number of thioether (sulfide) groups is 1. The van der Waals surface area contributed by atoms with E-state index in [-0.39, 0.29) is 12.2 Å². The van der Waals surface area contributed by atoms with Crippen molar-refractivity contribution in [3.05, 3.63) is 123 Å². The monoisotopic (exact) mass is 613 g/mol. The van der Waals surface area contributed by atoms with Gasteiger partial charge in [-0.05, 0) is 53.4 Å². The van der Waals surface area contributed by atoms with Crippen molar-refractivity contribution >= 4 is 63.0 Å². The number of imide groups is 1. The minimum absolute atomic E-state index is 0.236. The van der Waals surface area contributed by atoms with Gasteiger partial charge in [0.1, 0.15) is 23.4 Å². The fraction of sp³-hybridized carbons (Fsp3) is 0.125. The molecule has 1 N–H and O–H groups in total. The summed E-state index contributed by atoms with van der Waals surface area (Å²) in [6.07, 6.45) is 0. The molecule has 1 saturated heterocycles. The van der Waals surface area contributed by atoms with Crippen LogP contribution in [0.2, 0.25) is 0 Å². The quantitative estimate of drug-likeness (QED) is 0.254. The van der Waals surface area contributed by atoms with Crippen LogP contribution >= 0.6 is 23.1 Å². The zero-order valence-electron chi connectivity index (χ0n) is 22.2. The van der Waals surface area contributed by atoms with Gasteiger partial charge >= 0.3 is 4.87 Å². The van der Waals surface area contributed by atoms with Crippen molar-refractivity contribution in [3.63, 3.8) is 0 Å². The second-order valence-electron chi connectivity index (χ2n) is 10.3. The maximum Gasteiger partial charge on any atom is 0.308 e. The number of fused-ring (bicyclic) bond motifs is 3. The fourth-order valence-corrected chi connectivity index (χ4v) is 8.57. The van der Waals surface area contributed by atoms with Gasteiger partial charge in [0.25, 0.3) is 0 Å². The third-order valence-electron chi connectivity index (χ3n) is 7.73. The number of carbonyl (C=O) groups excluding carboxylic acids is 3. The number of aromatic nitrogens is 1. The van der Waals surface area contributed by atoms with Crippen molar-refractivity contribution in [1.82, 2.24) is 4.57 Å². The van der Waals surface area contributed by atoms with Crippen molar-refractivity contribution < 1.29 is 23.2 Å². The van der Waals surface area contributed by atoms with Crippen molar-refractivity contribution in [2.24, 2.45) is 5.92 Å². The highest BCUT2D eigenvalue weighted by molar-refractivity contribution is 8.00. The van der Waals surface area contributed by atoms with Gasteiger partial charge in [0, 0.05) is 21.9 Å². The molecule has 7 nitrogen and oxygen atoms in total. The maximum absolute atomic E-state index is 13.9. The molecule has 3 atom stereocenters. The molecular weight excluding hydrogens is 592 g/mol. The number of hydrogen-bond acceptors (Lipinski definition) is 6. The molecule has 2 aliphatic rings. The Kier molecular flexibility index (Phi) is 6.71. The van der Waals surface area contributed by atoms with E-state index in [1.807, 2.05) is 36.4 Å². The molecule has 0 bridgehead atoms. The molecular formula is C32H21F2N3O4S2. The lowest BCUT2D eigenvalue weighted by atomic mass is 9.83. The molecule has 5 aromatic rings. The number of anilines is 2. The second-order valence-corrected chi connectivity index (χ2v) is 12.4. The Morgan fingerprint density at radius 1 is 0.814 bits per heavy atom. The molecule has 4 aromatic carbocycles. The van der Waals surface area contributed by atoms with Crippen molar-refractivity contribution in [3.8, 4) is 0 Å². The van der Waals surface area contributed by atoms with E-state index in [2.05, 4.69) is 5.32 Å². The van der Waals surface area contributed by atoms with Crippen molar-refractivity contribution in [2.45, 2.75) is 22.7 Å². The highest BCUT2D eigenvalue weighted by Crippen LogP contribution is 2.53. The summed E-state index contributed by atoms with van der Waals surface area (Å²) < 4.78 is 28.9. The van der Waals surface area contributed by atoms with Crippen LogP contribution in [0.15, 0.2) is 101 Å². The predicted octanol–water partition coefficient (Wildman–Crippen LogP) is 5.78. The molecule has 7 rings (SSSR count). The predicted molar refractivity (Wildman–Crippen MR) is 161 cm³/mol. The zero-order valence-corrected chi connectivity index (χ0v) is 23.8. The molecule has 1 aromatic heterocycles. The van der Waals surface area contributed by atoms with Gasteiger partial charge < -0.3 is 5.32 Å². The Hall–Kier alpha value is -4.61. The molecule has 0 aliphatic carbocycles. The van der Waals surface area contributed by atoms with Gasteiger partial charge in [-0.1, -0.05) is 71.6 Å². The summed E-state index contributed by atoms with van der Waals surface area (Å²) in [5, 5.41) is 4.20. The highest BCUT2D eigenvalue weighted by atomic mass is 32.2. The Morgan fingerprint density at radius 2 is 1.49 bits per heavy atom. The van der Waals surface area contributed by atoms with Crippen LogP contribution < -0.4 is 15.1 Å². The highest BCUT2D eigenvalue weighted by Gasteiger charge is 2.56. The van der Waals surface area contributed by atoms with E-state index in [4.69, 9.17) is 0 Å². The molecule has 11 heteroatoms. The largest absolute Gasteiger partial charge is 0.324 e. The van der Waals surface area contributed by atoms with Crippen LogP contribution in [0.5, 0.6) is 0 Å². The van der Waals surface area contributed by atoms with Gasteiger partial charge in [-0.3, -0.25) is 23.7 Å². The minimum atomic E-state index is -0.915. The van der Waals surface area contributed by atoms with Gasteiger partial charge in [0.2, 0.25) is 17.7 Å². The van der Waals surface area contributed by atoms with Crippen LogP contribution in [-0.2, 0) is 20.9 Å². The molecule has 1 fully saturated rings. The van der Waals surface area contributed by atoms with Crippen LogP contribution in [0.4, 0.5) is 20.2 Å². The van der Waals surface area contributed by atoms with Crippen molar-refractivity contribution in [1.29, 1.82) is 0 Å². The summed E-state index contributed by atoms with van der Waals surface area (Å²) in [6.45, 7) is -0.307. The van der Waals surface area contributed by atoms with E-state index >= 15 is 0 Å². The molecule has 2 aliphatic heterocycles. The van der Waals surface area contributed by atoms with Crippen LogP contribution in [-0.4, -0.2) is 27.5 Å². The number of nitrogens with one attached hydrogen (secondary N) is 1. The first kappa shape index (κ1) is 27.2. The van der Waals surface area contributed by atoms with Crippen LogP contribution in [0, 0.1) is 17.6 Å². The molecule has 3 amide bonds. The number of amides is 3. The van der Waals surface area contributed by atoms with Gasteiger partial charge in [-0.15, -0.1) is 0 Å². The Bertz CT molecular complexity index is 1980. The lowest BCUT2D eigenvalue weighted by Gasteiger charge is -2.30. The van der Waals surface area contributed by atoms with E-state index in [0.29, 0.717) is 21.2 Å². The summed E-state index contributed by atoms with van der Waals surface area (Å²) in [5.41, 5.74) is 1.40. The van der Waals surface area contributed by atoms with Crippen molar-refractivity contribution in [2.75, 3.05) is 10.2 Å². The van der Waals surface area contributed by atoms with Gasteiger partial charge in [-0.25, -0.2) is 13.7 Å². The number of carbonyl (C=O) groups is 3. The van der Waals surface area contributed by atoms with Gasteiger partial charge in [0.15, 0.2) is 0 Å². The Labute approximate surface area is 251 Å². The van der Waals surface area contributed by atoms with E-state index in [1.165, 1.54) is 53.1 Å². The fourth-order valence-electron chi connectivity index (χ4n) is 5.80. The molecule has 2 unspecified atom stereocenters. The average Bonchev–Trinajstić information content (AvgIpc) is 3.44. The second kappa shape index (κ2) is 10.6. The molecule has 43 heavy (non-hydrogen) atoms. The molecule has 0 radical (unpaired) electrons. The van der Waals surface area contributed by atoms with Crippen LogP contribution in [0.3, 0.4) is 0 Å². The Morgan fingerprint density at radius 3 is 2.23 bits per heavy atom. The summed E-state index contributed by atoms with van der Waals surface area (Å²) >= 11 is 1.98. The molecule has 214 valence electrons. The number of nitrogens with zero attached hydrogens (tertiary/aromatic N) is 2. The molecule has 3 heterocycles. The standard InChI is InChI=1S/C32H21F2N3O4S2/c33-19-10-8-18(9-11-19)25-26-27(30(40)37(29(26)39)21-14-12-20(34)13-15-21)42-31-28(25)43-32(41)36(31)16-24(38)35-23-7-3-5-17-4-1-2-6-22(17)23/h1-15,25-27H,16H2,(H,35,38)/t25-,26?,27?/m1/s1. The lowest BCUT2D eigenvalue weighted by molar-refractivity contribution is -0.122. The normalized spacial score (nSPS) is 19.4. The SMILES string of the molecule is O=C(Cn1c2c(sc1=O)[C@H](c1ccc(F)cc1)C1C(=O)N(c3ccc(F)cc3)C(=O)C1S2)Nc1cccc2ccccc12. The molecule has 0 spiro atoms. The first-order valence-corrected chi connectivity index (χ1v) is 15.1. The number of rotatable bonds is 5. The molecule has 0 saturated carbocycles. The topological polar surface area (TPSA) is 88.5 Å². The first-order chi connectivity index (χ1) is 20.8. The van der Waals surface area contributed by atoms with Crippen LogP contribution in [0.25, 0.3) is 10.8 Å². The minimum Gasteiger partial charge on any atom is -0.324 e. The van der Waals surface area contributed by atoms with E-state index in [1.54, 1.807) is 6.07 Å². The third kappa shape index (κ3) is 4.65. The van der Waals surface area contributed by atoms with E-state index in [9.17, 15) is 28.0 Å². The van der Waals surface area contributed by atoms with Crippen LogP contribution in [0.1, 0.15) is 16.4 Å². The van der Waals surface area contributed by atoms with E-state index in [0.717, 1.165) is 38.8 Å². The summed E-state index contributed by atoms with van der Waals surface area (Å²) in [7, 11) is 0. The number of halogens is 2.